The number of ether oxygens (including phenoxy) is 1. The van der Waals surface area contributed by atoms with Gasteiger partial charge in [-0.25, -0.2) is 0 Å². The van der Waals surface area contributed by atoms with Gasteiger partial charge in [-0.15, -0.1) is 0 Å². The molecule has 2 unspecified atom stereocenters. The van der Waals surface area contributed by atoms with Crippen molar-refractivity contribution >= 4 is 0 Å². The van der Waals surface area contributed by atoms with Gasteiger partial charge < -0.3 is 15.0 Å². The second-order valence-corrected chi connectivity index (χ2v) is 8.43. The predicted octanol–water partition coefficient (Wildman–Crippen LogP) is 1.81. The summed E-state index contributed by atoms with van der Waals surface area (Å²) < 4.78 is 5.78. The standard InChI is InChI=1S/C17H35N3O/c1-16(2,3)18-12-17(8-10-21-14-17)13-20-9-6-7-15(20)11-19(4)5/h15,18H,6-14H2,1-5H3. The lowest BCUT2D eigenvalue weighted by Crippen LogP contribution is -2.51. The van der Waals surface area contributed by atoms with E-state index in [1.165, 1.54) is 38.9 Å². The van der Waals surface area contributed by atoms with Crippen molar-refractivity contribution in [1.29, 1.82) is 0 Å². The van der Waals surface area contributed by atoms with Crippen LogP contribution in [0.25, 0.3) is 0 Å². The minimum atomic E-state index is 0.184. The summed E-state index contributed by atoms with van der Waals surface area (Å²) in [7, 11) is 4.37. The molecule has 4 nitrogen and oxygen atoms in total. The number of hydrogen-bond acceptors (Lipinski definition) is 4. The van der Waals surface area contributed by atoms with Crippen LogP contribution in [0.1, 0.15) is 40.0 Å². The summed E-state index contributed by atoms with van der Waals surface area (Å²) in [6, 6.07) is 0.729. The molecule has 0 aromatic carbocycles. The van der Waals surface area contributed by atoms with Crippen LogP contribution in [0.5, 0.6) is 0 Å². The minimum absolute atomic E-state index is 0.184. The maximum absolute atomic E-state index is 5.78. The first kappa shape index (κ1) is 17.2. The molecule has 0 spiro atoms. The van der Waals surface area contributed by atoms with E-state index in [0.29, 0.717) is 5.41 Å². The zero-order chi connectivity index (χ0) is 15.5. The van der Waals surface area contributed by atoms with E-state index in [2.05, 4.69) is 50.0 Å². The minimum Gasteiger partial charge on any atom is -0.381 e. The average molecular weight is 297 g/mol. The van der Waals surface area contributed by atoms with Crippen LogP contribution in [0.3, 0.4) is 0 Å². The highest BCUT2D eigenvalue weighted by Gasteiger charge is 2.39. The second-order valence-electron chi connectivity index (χ2n) is 8.43. The maximum atomic E-state index is 5.78. The monoisotopic (exact) mass is 297 g/mol. The van der Waals surface area contributed by atoms with E-state index >= 15 is 0 Å². The van der Waals surface area contributed by atoms with Gasteiger partial charge in [0.15, 0.2) is 0 Å². The van der Waals surface area contributed by atoms with Crippen molar-refractivity contribution in [1.82, 2.24) is 15.1 Å². The molecule has 1 N–H and O–H groups in total. The molecular weight excluding hydrogens is 262 g/mol. The molecule has 21 heavy (non-hydrogen) atoms. The van der Waals surface area contributed by atoms with E-state index in [0.717, 1.165) is 25.8 Å². The Hall–Kier alpha value is -0.160. The van der Waals surface area contributed by atoms with E-state index in [1.54, 1.807) is 0 Å². The predicted molar refractivity (Wildman–Crippen MR) is 88.8 cm³/mol. The van der Waals surface area contributed by atoms with E-state index in [4.69, 9.17) is 4.74 Å². The van der Waals surface area contributed by atoms with Crippen molar-refractivity contribution in [2.24, 2.45) is 5.41 Å². The molecule has 2 atom stereocenters. The van der Waals surface area contributed by atoms with Crippen LogP contribution in [-0.2, 0) is 4.74 Å². The van der Waals surface area contributed by atoms with E-state index in [-0.39, 0.29) is 5.54 Å². The number of likely N-dealkylation sites (tertiary alicyclic amines) is 1. The van der Waals surface area contributed by atoms with Crippen LogP contribution in [0.2, 0.25) is 0 Å². The van der Waals surface area contributed by atoms with Gasteiger partial charge >= 0.3 is 0 Å². The Labute approximate surface area is 131 Å². The fourth-order valence-corrected chi connectivity index (χ4v) is 3.58. The zero-order valence-electron chi connectivity index (χ0n) is 14.7. The molecule has 0 radical (unpaired) electrons. The van der Waals surface area contributed by atoms with Crippen molar-refractivity contribution < 1.29 is 4.74 Å². The van der Waals surface area contributed by atoms with Gasteiger partial charge in [-0.2, -0.15) is 0 Å². The van der Waals surface area contributed by atoms with Gasteiger partial charge in [0.05, 0.1) is 6.61 Å². The zero-order valence-corrected chi connectivity index (χ0v) is 14.7. The number of likely N-dealkylation sites (N-methyl/N-ethyl adjacent to an activating group) is 1. The van der Waals surface area contributed by atoms with Crippen LogP contribution in [0.4, 0.5) is 0 Å². The summed E-state index contributed by atoms with van der Waals surface area (Å²) in [6.45, 7) is 13.3. The van der Waals surface area contributed by atoms with Crippen LogP contribution in [0.15, 0.2) is 0 Å². The van der Waals surface area contributed by atoms with Gasteiger partial charge in [-0.3, -0.25) is 4.90 Å². The van der Waals surface area contributed by atoms with Gasteiger partial charge in [0.2, 0.25) is 0 Å². The molecule has 0 aromatic heterocycles. The average Bonchev–Trinajstić information content (AvgIpc) is 2.97. The normalized spacial score (nSPS) is 31.4. The van der Waals surface area contributed by atoms with Crippen LogP contribution >= 0.6 is 0 Å². The highest BCUT2D eigenvalue weighted by atomic mass is 16.5. The lowest BCUT2D eigenvalue weighted by Gasteiger charge is -2.38. The first-order chi connectivity index (χ1) is 9.80. The molecule has 0 saturated carbocycles. The third kappa shape index (κ3) is 5.20. The fraction of sp³-hybridized carbons (Fsp3) is 1.00. The maximum Gasteiger partial charge on any atom is 0.0547 e. The first-order valence-electron chi connectivity index (χ1n) is 8.51. The van der Waals surface area contributed by atoms with Gasteiger partial charge in [0.25, 0.3) is 0 Å². The lowest BCUT2D eigenvalue weighted by molar-refractivity contribution is 0.0905. The summed E-state index contributed by atoms with van der Waals surface area (Å²) in [4.78, 5) is 5.05. The summed E-state index contributed by atoms with van der Waals surface area (Å²) in [5.41, 5.74) is 0.492. The lowest BCUT2D eigenvalue weighted by atomic mass is 9.85. The van der Waals surface area contributed by atoms with Crippen molar-refractivity contribution in [3.63, 3.8) is 0 Å². The summed E-state index contributed by atoms with van der Waals surface area (Å²) in [5.74, 6) is 0. The molecule has 2 saturated heterocycles. The van der Waals surface area contributed by atoms with Crippen molar-refractivity contribution in [3.8, 4) is 0 Å². The fourth-order valence-electron chi connectivity index (χ4n) is 3.58. The van der Waals surface area contributed by atoms with E-state index in [1.807, 2.05) is 0 Å². The largest absolute Gasteiger partial charge is 0.381 e. The molecule has 2 aliphatic heterocycles. The van der Waals surface area contributed by atoms with Crippen LogP contribution in [0, 0.1) is 5.41 Å². The summed E-state index contributed by atoms with van der Waals surface area (Å²) in [5, 5.41) is 3.72. The number of nitrogens with zero attached hydrogens (tertiary/aromatic N) is 2. The molecule has 2 rings (SSSR count). The van der Waals surface area contributed by atoms with Crippen molar-refractivity contribution in [3.05, 3.63) is 0 Å². The van der Waals surface area contributed by atoms with Crippen LogP contribution < -0.4 is 5.32 Å². The van der Waals surface area contributed by atoms with Gasteiger partial charge in [-0.1, -0.05) is 0 Å². The molecule has 0 aromatic rings. The van der Waals surface area contributed by atoms with Crippen molar-refractivity contribution in [2.75, 3.05) is 53.5 Å². The molecule has 0 amide bonds. The highest BCUT2D eigenvalue weighted by Crippen LogP contribution is 2.32. The molecule has 4 heteroatoms. The Kier molecular flexibility index (Phi) is 5.69. The molecule has 2 aliphatic rings. The Bertz CT molecular complexity index is 318. The molecular formula is C17H35N3O. The molecule has 124 valence electrons. The Morgan fingerprint density at radius 1 is 1.33 bits per heavy atom. The van der Waals surface area contributed by atoms with Gasteiger partial charge in [-0.05, 0) is 60.7 Å². The topological polar surface area (TPSA) is 27.7 Å². The van der Waals surface area contributed by atoms with Gasteiger partial charge in [0.1, 0.15) is 0 Å². The third-order valence-corrected chi connectivity index (χ3v) is 4.79. The summed E-state index contributed by atoms with van der Waals surface area (Å²) >= 11 is 0. The number of rotatable bonds is 6. The quantitative estimate of drug-likeness (QED) is 0.809. The molecule has 2 fully saturated rings. The smallest absolute Gasteiger partial charge is 0.0547 e. The summed E-state index contributed by atoms with van der Waals surface area (Å²) in [6.07, 6.45) is 3.89. The number of hydrogen-bond donors (Lipinski definition) is 1. The van der Waals surface area contributed by atoms with Crippen LogP contribution in [-0.4, -0.2) is 74.9 Å². The second kappa shape index (κ2) is 6.95. The molecule has 0 bridgehead atoms. The Balaban J connectivity index is 1.95. The Morgan fingerprint density at radius 2 is 2.10 bits per heavy atom. The first-order valence-corrected chi connectivity index (χ1v) is 8.51. The van der Waals surface area contributed by atoms with E-state index < -0.39 is 0 Å². The SMILES string of the molecule is CN(C)CC1CCCN1CC1(CNC(C)(C)C)CCOC1. The highest BCUT2D eigenvalue weighted by molar-refractivity contribution is 4.93. The van der Waals surface area contributed by atoms with Crippen molar-refractivity contribution in [2.45, 2.75) is 51.6 Å². The molecule has 0 aliphatic carbocycles. The number of nitrogens with one attached hydrogen (secondary N) is 1. The molecule has 2 heterocycles. The Morgan fingerprint density at radius 3 is 2.67 bits per heavy atom. The van der Waals surface area contributed by atoms with Gasteiger partial charge in [0, 0.05) is 43.2 Å². The van der Waals surface area contributed by atoms with E-state index in [9.17, 15) is 0 Å². The third-order valence-electron chi connectivity index (χ3n) is 4.79.